The summed E-state index contributed by atoms with van der Waals surface area (Å²) >= 11 is 1.11. The highest BCUT2D eigenvalue weighted by Crippen LogP contribution is 2.29. The average molecular weight is 374 g/mol. The van der Waals surface area contributed by atoms with Gasteiger partial charge in [-0.3, -0.25) is 14.9 Å². The Morgan fingerprint density at radius 1 is 1.15 bits per heavy atom. The quantitative estimate of drug-likeness (QED) is 0.417. The monoisotopic (exact) mass is 374 g/mol. The summed E-state index contributed by atoms with van der Waals surface area (Å²) in [7, 11) is 0. The molecule has 132 valence electrons. The summed E-state index contributed by atoms with van der Waals surface area (Å²) in [6.07, 6.45) is 0. The zero-order valence-corrected chi connectivity index (χ0v) is 13.9. The van der Waals surface area contributed by atoms with Crippen LogP contribution in [0.3, 0.4) is 0 Å². The van der Waals surface area contributed by atoms with Crippen molar-refractivity contribution in [1.82, 2.24) is 0 Å². The molecule has 0 unspecified atom stereocenters. The first-order chi connectivity index (χ1) is 12.4. The molecule has 0 spiro atoms. The Hall–Kier alpha value is -3.33. The number of fused-ring (bicyclic) bond motifs is 1. The van der Waals surface area contributed by atoms with E-state index in [1.165, 1.54) is 42.5 Å². The lowest BCUT2D eigenvalue weighted by molar-refractivity contribution is -0.384. The van der Waals surface area contributed by atoms with E-state index in [1.54, 1.807) is 6.07 Å². The fourth-order valence-corrected chi connectivity index (χ4v) is 3.11. The number of esters is 1. The van der Waals surface area contributed by atoms with Crippen molar-refractivity contribution in [3.8, 4) is 0 Å². The number of non-ortho nitro benzene ring substituents is 1. The van der Waals surface area contributed by atoms with Crippen molar-refractivity contribution >= 4 is 44.7 Å². The standard InChI is InChI=1S/C17H11FN2O5S/c18-11-1-3-12(4-2-11)19-16(21)9-25-17(22)15-8-10-7-13(20(23)24)5-6-14(10)26-15/h1-8H,9H2,(H,19,21). The Morgan fingerprint density at radius 3 is 2.58 bits per heavy atom. The smallest absolute Gasteiger partial charge is 0.348 e. The van der Waals surface area contributed by atoms with Gasteiger partial charge in [-0.25, -0.2) is 9.18 Å². The Morgan fingerprint density at radius 2 is 1.88 bits per heavy atom. The van der Waals surface area contributed by atoms with Crippen LogP contribution in [0.1, 0.15) is 9.67 Å². The normalized spacial score (nSPS) is 10.5. The molecule has 1 amide bonds. The number of carbonyl (C=O) groups is 2. The molecule has 0 saturated carbocycles. The SMILES string of the molecule is O=C(COC(=O)c1cc2cc([N+](=O)[O-])ccc2s1)Nc1ccc(F)cc1. The van der Waals surface area contributed by atoms with Crippen LogP contribution in [-0.4, -0.2) is 23.4 Å². The third-order valence-electron chi connectivity index (χ3n) is 3.37. The van der Waals surface area contributed by atoms with Gasteiger partial charge in [-0.2, -0.15) is 0 Å². The molecule has 0 saturated heterocycles. The van der Waals surface area contributed by atoms with Crippen LogP contribution in [0.2, 0.25) is 0 Å². The molecule has 3 rings (SSSR count). The maximum Gasteiger partial charge on any atom is 0.348 e. The number of nitro benzene ring substituents is 1. The van der Waals surface area contributed by atoms with E-state index >= 15 is 0 Å². The van der Waals surface area contributed by atoms with Gasteiger partial charge in [0.25, 0.3) is 11.6 Å². The van der Waals surface area contributed by atoms with Crippen LogP contribution in [0, 0.1) is 15.9 Å². The number of nitrogens with one attached hydrogen (secondary N) is 1. The molecule has 3 aromatic rings. The van der Waals surface area contributed by atoms with Crippen molar-refractivity contribution in [3.63, 3.8) is 0 Å². The molecular weight excluding hydrogens is 363 g/mol. The molecule has 9 heteroatoms. The van der Waals surface area contributed by atoms with Gasteiger partial charge in [-0.15, -0.1) is 11.3 Å². The molecule has 7 nitrogen and oxygen atoms in total. The number of rotatable bonds is 5. The van der Waals surface area contributed by atoms with Gasteiger partial charge in [0.2, 0.25) is 0 Å². The molecule has 1 aromatic heterocycles. The lowest BCUT2D eigenvalue weighted by Crippen LogP contribution is -2.20. The second-order valence-electron chi connectivity index (χ2n) is 5.22. The first-order valence-electron chi connectivity index (χ1n) is 7.33. The summed E-state index contributed by atoms with van der Waals surface area (Å²) in [6, 6.07) is 10.9. The van der Waals surface area contributed by atoms with Crippen molar-refractivity contribution in [2.45, 2.75) is 0 Å². The first-order valence-corrected chi connectivity index (χ1v) is 8.14. The molecule has 1 N–H and O–H groups in total. The number of nitro groups is 1. The van der Waals surface area contributed by atoms with Crippen molar-refractivity contribution in [2.24, 2.45) is 0 Å². The first kappa shape index (κ1) is 17.5. The second-order valence-corrected chi connectivity index (χ2v) is 6.30. The Bertz CT molecular complexity index is 1000. The van der Waals surface area contributed by atoms with Crippen LogP contribution < -0.4 is 5.32 Å². The molecule has 26 heavy (non-hydrogen) atoms. The number of carbonyl (C=O) groups excluding carboxylic acids is 2. The molecule has 0 aliphatic heterocycles. The van der Waals surface area contributed by atoms with E-state index in [4.69, 9.17) is 4.74 Å². The van der Waals surface area contributed by atoms with Gasteiger partial charge in [-0.05, 0) is 36.4 Å². The number of amides is 1. The van der Waals surface area contributed by atoms with Gasteiger partial charge in [-0.1, -0.05) is 0 Å². The summed E-state index contributed by atoms with van der Waals surface area (Å²) in [4.78, 5) is 34.3. The van der Waals surface area contributed by atoms with Crippen LogP contribution in [-0.2, 0) is 9.53 Å². The summed E-state index contributed by atoms with van der Waals surface area (Å²) < 4.78 is 18.4. The third-order valence-corrected chi connectivity index (χ3v) is 4.47. The lowest BCUT2D eigenvalue weighted by Gasteiger charge is -2.05. The molecular formula is C17H11FN2O5S. The molecule has 1 heterocycles. The average Bonchev–Trinajstić information content (AvgIpc) is 3.05. The molecule has 0 radical (unpaired) electrons. The van der Waals surface area contributed by atoms with E-state index in [2.05, 4.69) is 5.32 Å². The number of halogens is 1. The predicted molar refractivity (Wildman–Crippen MR) is 93.8 cm³/mol. The zero-order valence-electron chi connectivity index (χ0n) is 13.1. The molecule has 0 aliphatic rings. The maximum atomic E-state index is 12.8. The van der Waals surface area contributed by atoms with Crippen LogP contribution in [0.4, 0.5) is 15.8 Å². The van der Waals surface area contributed by atoms with Crippen LogP contribution in [0.15, 0.2) is 48.5 Å². The summed E-state index contributed by atoms with van der Waals surface area (Å²) in [5, 5.41) is 13.8. The van der Waals surface area contributed by atoms with Gasteiger partial charge >= 0.3 is 5.97 Å². The van der Waals surface area contributed by atoms with Gasteiger partial charge in [0.05, 0.1) is 4.92 Å². The third kappa shape index (κ3) is 4.01. The minimum atomic E-state index is -0.705. The number of hydrogen-bond donors (Lipinski definition) is 1. The Labute approximate surface area is 150 Å². The van der Waals surface area contributed by atoms with E-state index in [0.717, 1.165) is 11.3 Å². The molecule has 2 aromatic carbocycles. The highest BCUT2D eigenvalue weighted by atomic mass is 32.1. The summed E-state index contributed by atoms with van der Waals surface area (Å²) in [5.41, 5.74) is 0.301. The van der Waals surface area contributed by atoms with E-state index in [0.29, 0.717) is 15.8 Å². The van der Waals surface area contributed by atoms with Crippen molar-refractivity contribution in [2.75, 3.05) is 11.9 Å². The van der Waals surface area contributed by atoms with Gasteiger partial charge < -0.3 is 10.1 Å². The highest BCUT2D eigenvalue weighted by Gasteiger charge is 2.15. The van der Waals surface area contributed by atoms with Gasteiger partial charge in [0.15, 0.2) is 6.61 Å². The van der Waals surface area contributed by atoms with Crippen LogP contribution in [0.5, 0.6) is 0 Å². The number of thiophene rings is 1. The Balaban J connectivity index is 1.62. The molecule has 0 bridgehead atoms. The zero-order chi connectivity index (χ0) is 18.7. The largest absolute Gasteiger partial charge is 0.451 e. The molecule has 0 aliphatic carbocycles. The fraction of sp³-hybridized carbons (Fsp3) is 0.0588. The molecule has 0 atom stereocenters. The molecule has 0 fully saturated rings. The van der Waals surface area contributed by atoms with Crippen molar-refractivity contribution < 1.29 is 23.6 Å². The number of ether oxygens (including phenoxy) is 1. The van der Waals surface area contributed by atoms with Crippen molar-refractivity contribution in [3.05, 3.63) is 69.3 Å². The summed E-state index contributed by atoms with van der Waals surface area (Å²) in [5.74, 6) is -1.70. The Kier molecular flexibility index (Phi) is 4.90. The number of nitrogens with zero attached hydrogens (tertiary/aromatic N) is 1. The maximum absolute atomic E-state index is 12.8. The van der Waals surface area contributed by atoms with Gasteiger partial charge in [0, 0.05) is 27.9 Å². The van der Waals surface area contributed by atoms with E-state index in [1.807, 2.05) is 0 Å². The van der Waals surface area contributed by atoms with Gasteiger partial charge in [0.1, 0.15) is 10.7 Å². The van der Waals surface area contributed by atoms with E-state index in [-0.39, 0.29) is 10.6 Å². The van der Waals surface area contributed by atoms with E-state index in [9.17, 15) is 24.1 Å². The number of benzene rings is 2. The number of anilines is 1. The highest BCUT2D eigenvalue weighted by molar-refractivity contribution is 7.20. The summed E-state index contributed by atoms with van der Waals surface area (Å²) in [6.45, 7) is -0.509. The minimum Gasteiger partial charge on any atom is -0.451 e. The second kappa shape index (κ2) is 7.28. The minimum absolute atomic E-state index is 0.0751. The van der Waals surface area contributed by atoms with Crippen LogP contribution in [0.25, 0.3) is 10.1 Å². The lowest BCUT2D eigenvalue weighted by atomic mass is 10.2. The van der Waals surface area contributed by atoms with Crippen LogP contribution >= 0.6 is 11.3 Å². The van der Waals surface area contributed by atoms with E-state index < -0.39 is 29.2 Å². The number of hydrogen-bond acceptors (Lipinski definition) is 6. The van der Waals surface area contributed by atoms with Crippen molar-refractivity contribution in [1.29, 1.82) is 0 Å². The topological polar surface area (TPSA) is 98.5 Å². The fourth-order valence-electron chi connectivity index (χ4n) is 2.18. The predicted octanol–water partition coefficient (Wildman–Crippen LogP) is 3.74.